The number of halogens is 2. The van der Waals surface area contributed by atoms with Crippen molar-refractivity contribution < 1.29 is 9.59 Å². The van der Waals surface area contributed by atoms with E-state index in [0.717, 1.165) is 30.0 Å². The van der Waals surface area contributed by atoms with Crippen LogP contribution in [0.5, 0.6) is 0 Å². The van der Waals surface area contributed by atoms with Crippen LogP contribution in [-0.4, -0.2) is 51.2 Å². The molecule has 1 aromatic heterocycles. The second-order valence-electron chi connectivity index (χ2n) is 7.96. The number of nitrogens with zero attached hydrogens (tertiary/aromatic N) is 2. The molecule has 31 heavy (non-hydrogen) atoms. The molecule has 164 valence electrons. The molecule has 7 nitrogen and oxygen atoms in total. The molecule has 4 rings (SSSR count). The molecule has 1 fully saturated rings. The van der Waals surface area contributed by atoms with Crippen LogP contribution in [0.25, 0.3) is 12.2 Å². The summed E-state index contributed by atoms with van der Waals surface area (Å²) in [5, 5.41) is 4.80. The van der Waals surface area contributed by atoms with Crippen LogP contribution in [0, 0.1) is 0 Å². The Bertz CT molecular complexity index is 1130. The molecule has 0 saturated carbocycles. The molecule has 0 spiro atoms. The molecule has 0 radical (unpaired) electrons. The molecule has 3 atom stereocenters. The third kappa shape index (κ3) is 4.49. The molecule has 2 amide bonds. The fourth-order valence-electron chi connectivity index (χ4n) is 4.06. The Morgan fingerprint density at radius 2 is 2.23 bits per heavy atom. The lowest BCUT2D eigenvalue weighted by atomic mass is 10.1. The van der Waals surface area contributed by atoms with Gasteiger partial charge in [-0.1, -0.05) is 17.7 Å². The number of aromatic amines is 1. The highest BCUT2D eigenvalue weighted by molar-refractivity contribution is 6.34. The van der Waals surface area contributed by atoms with Crippen molar-refractivity contribution in [2.75, 3.05) is 13.1 Å². The van der Waals surface area contributed by atoms with E-state index in [-0.39, 0.29) is 34.3 Å². The molecular formula is C22H25Cl2N5O2. The van der Waals surface area contributed by atoms with Gasteiger partial charge in [-0.3, -0.25) is 9.59 Å². The van der Waals surface area contributed by atoms with E-state index in [1.54, 1.807) is 17.0 Å². The zero-order valence-electron chi connectivity index (χ0n) is 17.2. The van der Waals surface area contributed by atoms with Crippen LogP contribution in [0.1, 0.15) is 58.8 Å². The molecule has 4 N–H and O–H groups in total. The van der Waals surface area contributed by atoms with Gasteiger partial charge in [0.2, 0.25) is 0 Å². The van der Waals surface area contributed by atoms with Gasteiger partial charge in [-0.2, -0.15) is 0 Å². The van der Waals surface area contributed by atoms with E-state index in [1.165, 1.54) is 6.07 Å². The molecule has 0 bridgehead atoms. The van der Waals surface area contributed by atoms with Crippen LogP contribution in [0.2, 0.25) is 5.02 Å². The minimum absolute atomic E-state index is 0.0371. The number of fused-ring (bicyclic) bond motifs is 1. The highest BCUT2D eigenvalue weighted by Gasteiger charge is 2.29. The van der Waals surface area contributed by atoms with Crippen LogP contribution >= 0.6 is 23.2 Å². The number of benzene rings is 1. The summed E-state index contributed by atoms with van der Waals surface area (Å²) >= 11 is 12.5. The lowest BCUT2D eigenvalue weighted by Gasteiger charge is -2.24. The summed E-state index contributed by atoms with van der Waals surface area (Å²) in [5.41, 5.74) is 6.53. The van der Waals surface area contributed by atoms with Crippen molar-refractivity contribution in [2.24, 2.45) is 5.73 Å². The van der Waals surface area contributed by atoms with Crippen LogP contribution in [-0.2, 0) is 0 Å². The van der Waals surface area contributed by atoms with E-state index in [2.05, 4.69) is 15.3 Å². The third-order valence-electron chi connectivity index (χ3n) is 5.79. The van der Waals surface area contributed by atoms with E-state index < -0.39 is 0 Å². The summed E-state index contributed by atoms with van der Waals surface area (Å²) < 4.78 is 0. The molecule has 2 unspecified atom stereocenters. The number of rotatable bonds is 5. The number of carbonyl (C=O) groups is 2. The van der Waals surface area contributed by atoms with Gasteiger partial charge in [0.15, 0.2) is 0 Å². The number of nitrogens with two attached hydrogens (primary N) is 1. The first-order valence-electron chi connectivity index (χ1n) is 10.4. The van der Waals surface area contributed by atoms with Gasteiger partial charge in [0.25, 0.3) is 11.8 Å². The van der Waals surface area contributed by atoms with Gasteiger partial charge in [-0.15, -0.1) is 11.6 Å². The molecule has 2 heterocycles. The van der Waals surface area contributed by atoms with Crippen molar-refractivity contribution in [3.05, 3.63) is 50.9 Å². The van der Waals surface area contributed by atoms with Crippen LogP contribution in [0.15, 0.2) is 18.2 Å². The van der Waals surface area contributed by atoms with Gasteiger partial charge in [0.05, 0.1) is 32.7 Å². The van der Waals surface area contributed by atoms with E-state index in [0.29, 0.717) is 30.0 Å². The number of nitrogens with one attached hydrogen (secondary N) is 2. The first-order chi connectivity index (χ1) is 14.9. The van der Waals surface area contributed by atoms with Crippen LogP contribution < -0.4 is 21.7 Å². The average Bonchev–Trinajstić information content (AvgIpc) is 3.39. The average molecular weight is 462 g/mol. The molecule has 1 aliphatic carbocycles. The standard InChI is InChI=1S/C22H25Cl2N5O2/c1-12(20-27-18-7-5-14(23)10-19(18)28-20)26-21(30)13-4-6-16(17(24)9-13)22(31)29-8-2-3-15(29)11-25/h4,6-7,9-10,12,14-15H,2-3,5,8,11,25H2,1H3,(H,26,30)(H,27,28)/t12?,14?,15-/m1/s1. The molecule has 1 aliphatic heterocycles. The number of hydrogen-bond donors (Lipinski definition) is 3. The van der Waals surface area contributed by atoms with E-state index in [9.17, 15) is 9.59 Å². The first-order valence-corrected chi connectivity index (χ1v) is 11.2. The maximum absolute atomic E-state index is 12.9. The van der Waals surface area contributed by atoms with Crippen molar-refractivity contribution in [2.45, 2.75) is 43.6 Å². The van der Waals surface area contributed by atoms with Crippen molar-refractivity contribution in [1.29, 1.82) is 0 Å². The number of aromatic nitrogens is 2. The van der Waals surface area contributed by atoms with Crippen LogP contribution in [0.3, 0.4) is 0 Å². The maximum atomic E-state index is 12.9. The highest BCUT2D eigenvalue weighted by atomic mass is 35.5. The lowest BCUT2D eigenvalue weighted by Crippen LogP contribution is -2.40. The summed E-state index contributed by atoms with van der Waals surface area (Å²) in [4.78, 5) is 35.1. The zero-order chi connectivity index (χ0) is 22.1. The first kappa shape index (κ1) is 21.9. The SMILES string of the molecule is CC(NC(=O)c1ccc(C(=O)N2CCC[C@@H]2CN)c(Cl)c1)c1nc2c([nH]1)=CCC(Cl)C=2. The molecule has 1 aromatic carbocycles. The molecule has 2 aliphatic rings. The second-order valence-corrected chi connectivity index (χ2v) is 8.93. The number of hydrogen-bond acceptors (Lipinski definition) is 4. The Morgan fingerprint density at radius 1 is 1.42 bits per heavy atom. The number of alkyl halides is 1. The summed E-state index contributed by atoms with van der Waals surface area (Å²) in [6.45, 7) is 2.95. The van der Waals surface area contributed by atoms with Gasteiger partial charge in [0.1, 0.15) is 5.82 Å². The van der Waals surface area contributed by atoms with Crippen molar-refractivity contribution in [3.8, 4) is 0 Å². The lowest BCUT2D eigenvalue weighted by molar-refractivity contribution is 0.0740. The highest BCUT2D eigenvalue weighted by Crippen LogP contribution is 2.24. The van der Waals surface area contributed by atoms with E-state index in [1.807, 2.05) is 19.1 Å². The maximum Gasteiger partial charge on any atom is 0.255 e. The predicted octanol–water partition coefficient (Wildman–Crippen LogP) is 1.69. The Morgan fingerprint density at radius 3 is 2.97 bits per heavy atom. The monoisotopic (exact) mass is 461 g/mol. The van der Waals surface area contributed by atoms with Gasteiger partial charge >= 0.3 is 0 Å². The number of imidazole rings is 1. The minimum Gasteiger partial charge on any atom is -0.342 e. The second kappa shape index (κ2) is 9.02. The van der Waals surface area contributed by atoms with E-state index >= 15 is 0 Å². The molecular weight excluding hydrogens is 437 g/mol. The minimum atomic E-state index is -0.344. The fraction of sp³-hybridized carbons (Fsp3) is 0.409. The number of likely N-dealkylation sites (tertiary alicyclic amines) is 1. The van der Waals surface area contributed by atoms with Gasteiger partial charge in [0, 0.05) is 24.7 Å². The number of H-pyrrole nitrogens is 1. The van der Waals surface area contributed by atoms with Gasteiger partial charge in [-0.25, -0.2) is 4.98 Å². The molecule has 1 saturated heterocycles. The summed E-state index contributed by atoms with van der Waals surface area (Å²) in [5.74, 6) is 0.202. The van der Waals surface area contributed by atoms with Crippen LogP contribution in [0.4, 0.5) is 0 Å². The Labute approximate surface area is 190 Å². The summed E-state index contributed by atoms with van der Waals surface area (Å²) in [6, 6.07) is 4.43. The van der Waals surface area contributed by atoms with Crippen molar-refractivity contribution in [1.82, 2.24) is 20.2 Å². The van der Waals surface area contributed by atoms with Crippen molar-refractivity contribution in [3.63, 3.8) is 0 Å². The van der Waals surface area contributed by atoms with Gasteiger partial charge in [-0.05, 0) is 50.5 Å². The topological polar surface area (TPSA) is 104 Å². The zero-order valence-corrected chi connectivity index (χ0v) is 18.7. The third-order valence-corrected chi connectivity index (χ3v) is 6.41. The summed E-state index contributed by atoms with van der Waals surface area (Å²) in [7, 11) is 0. The Hall–Kier alpha value is -2.35. The Balaban J connectivity index is 1.48. The molecule has 2 aromatic rings. The smallest absolute Gasteiger partial charge is 0.255 e. The van der Waals surface area contributed by atoms with Crippen molar-refractivity contribution >= 4 is 47.2 Å². The van der Waals surface area contributed by atoms with Gasteiger partial charge < -0.3 is 20.9 Å². The number of carbonyl (C=O) groups excluding carboxylic acids is 2. The normalized spacial score (nSPS) is 21.1. The predicted molar refractivity (Wildman–Crippen MR) is 121 cm³/mol. The quantitative estimate of drug-likeness (QED) is 0.589. The summed E-state index contributed by atoms with van der Waals surface area (Å²) in [6.07, 6.45) is 6.47. The Kier molecular flexibility index (Phi) is 6.36. The fourth-order valence-corrected chi connectivity index (χ4v) is 4.53. The number of amides is 2. The molecule has 9 heteroatoms. The van der Waals surface area contributed by atoms with E-state index in [4.69, 9.17) is 28.9 Å². The largest absolute Gasteiger partial charge is 0.342 e.